The van der Waals surface area contributed by atoms with Gasteiger partial charge in [0.1, 0.15) is 0 Å². The second-order valence-electron chi connectivity index (χ2n) is 3.95. The maximum atomic E-state index is 4.03. The molecule has 0 radical (unpaired) electrons. The van der Waals surface area contributed by atoms with Crippen LogP contribution in [0.4, 0.5) is 0 Å². The summed E-state index contributed by atoms with van der Waals surface area (Å²) in [5, 5.41) is 0. The van der Waals surface area contributed by atoms with Gasteiger partial charge in [-0.2, -0.15) is 0 Å². The van der Waals surface area contributed by atoms with E-state index in [0.29, 0.717) is 5.92 Å². The molecule has 0 aromatic carbocycles. The first-order chi connectivity index (χ1) is 5.63. The Labute approximate surface area is 78.1 Å². The summed E-state index contributed by atoms with van der Waals surface area (Å²) in [6.45, 7) is 13.0. The van der Waals surface area contributed by atoms with Gasteiger partial charge in [-0.05, 0) is 25.2 Å². The predicted octanol–water partition coefficient (Wildman–Crippen LogP) is 4.42. The van der Waals surface area contributed by atoms with E-state index < -0.39 is 0 Å². The lowest BCUT2D eigenvalue weighted by Crippen LogP contribution is -2.11. The van der Waals surface area contributed by atoms with Crippen molar-refractivity contribution in [3.63, 3.8) is 0 Å². The van der Waals surface area contributed by atoms with E-state index in [-0.39, 0.29) is 0 Å². The zero-order chi connectivity index (χ0) is 9.56. The van der Waals surface area contributed by atoms with E-state index in [0.717, 1.165) is 5.92 Å². The summed E-state index contributed by atoms with van der Waals surface area (Å²) < 4.78 is 0. The van der Waals surface area contributed by atoms with Crippen molar-refractivity contribution in [2.75, 3.05) is 0 Å². The second-order valence-corrected chi connectivity index (χ2v) is 3.95. The van der Waals surface area contributed by atoms with Crippen molar-refractivity contribution in [1.82, 2.24) is 0 Å². The van der Waals surface area contributed by atoms with Crippen LogP contribution in [0.3, 0.4) is 0 Å². The topological polar surface area (TPSA) is 0 Å². The highest BCUT2D eigenvalue weighted by atomic mass is 14.2. The highest BCUT2D eigenvalue weighted by Gasteiger charge is 2.14. The van der Waals surface area contributed by atoms with Gasteiger partial charge in [0.05, 0.1) is 0 Å². The van der Waals surface area contributed by atoms with E-state index >= 15 is 0 Å². The van der Waals surface area contributed by atoms with Crippen molar-refractivity contribution in [2.45, 2.75) is 53.4 Å². The van der Waals surface area contributed by atoms with Gasteiger partial charge in [-0.25, -0.2) is 0 Å². The normalized spacial score (nSPS) is 15.7. The van der Waals surface area contributed by atoms with E-state index in [2.05, 4.69) is 34.3 Å². The van der Waals surface area contributed by atoms with Crippen molar-refractivity contribution in [3.8, 4) is 0 Å². The Bertz CT molecular complexity index is 124. The molecule has 12 heavy (non-hydrogen) atoms. The van der Waals surface area contributed by atoms with Crippen LogP contribution in [0.15, 0.2) is 12.2 Å². The number of unbranched alkanes of at least 4 members (excludes halogenated alkanes) is 1. The Morgan fingerprint density at radius 1 is 1.33 bits per heavy atom. The molecule has 0 rings (SSSR count). The van der Waals surface area contributed by atoms with E-state index in [4.69, 9.17) is 0 Å². The van der Waals surface area contributed by atoms with Gasteiger partial charge < -0.3 is 0 Å². The van der Waals surface area contributed by atoms with Gasteiger partial charge in [-0.15, -0.1) is 0 Å². The quantitative estimate of drug-likeness (QED) is 0.515. The van der Waals surface area contributed by atoms with Crippen LogP contribution in [0.2, 0.25) is 0 Å². The summed E-state index contributed by atoms with van der Waals surface area (Å²) >= 11 is 0. The molecule has 2 unspecified atom stereocenters. The molecule has 0 nitrogen and oxygen atoms in total. The van der Waals surface area contributed by atoms with Gasteiger partial charge in [-0.1, -0.05) is 52.2 Å². The molecule has 0 amide bonds. The molecule has 0 heteroatoms. The van der Waals surface area contributed by atoms with Crippen molar-refractivity contribution >= 4 is 0 Å². The predicted molar refractivity (Wildman–Crippen MR) is 57.3 cm³/mol. The third kappa shape index (κ3) is 3.94. The van der Waals surface area contributed by atoms with E-state index in [1.165, 1.54) is 31.3 Å². The first kappa shape index (κ1) is 11.7. The third-order valence-electron chi connectivity index (χ3n) is 2.94. The van der Waals surface area contributed by atoms with Gasteiger partial charge >= 0.3 is 0 Å². The standard InChI is InChI=1S/C12H24/c1-6-8-9-12(7-2)11(5)10(3)4/h11-12H,3,6-9H2,1-2,4-5H3. The number of hydrogen-bond donors (Lipinski definition) is 0. The van der Waals surface area contributed by atoms with Crippen LogP contribution < -0.4 is 0 Å². The Kier molecular flexibility index (Phi) is 6.14. The molecule has 2 atom stereocenters. The highest BCUT2D eigenvalue weighted by molar-refractivity contribution is 4.96. The smallest absolute Gasteiger partial charge is 0.0209 e. The Hall–Kier alpha value is -0.260. The van der Waals surface area contributed by atoms with Gasteiger partial charge in [0, 0.05) is 0 Å². The Balaban J connectivity index is 3.87. The first-order valence-corrected chi connectivity index (χ1v) is 5.28. The maximum absolute atomic E-state index is 4.03. The first-order valence-electron chi connectivity index (χ1n) is 5.28. The minimum atomic E-state index is 0.710. The van der Waals surface area contributed by atoms with Crippen LogP contribution in [-0.4, -0.2) is 0 Å². The molecule has 0 saturated heterocycles. The molecular formula is C12H24. The molecular weight excluding hydrogens is 144 g/mol. The molecule has 0 saturated carbocycles. The minimum Gasteiger partial charge on any atom is -0.0999 e. The summed E-state index contributed by atoms with van der Waals surface area (Å²) in [6, 6.07) is 0. The summed E-state index contributed by atoms with van der Waals surface area (Å²) in [7, 11) is 0. The van der Waals surface area contributed by atoms with Crippen molar-refractivity contribution in [2.24, 2.45) is 11.8 Å². The fraction of sp³-hybridized carbons (Fsp3) is 0.833. The van der Waals surface area contributed by atoms with Crippen LogP contribution in [0.25, 0.3) is 0 Å². The summed E-state index contributed by atoms with van der Waals surface area (Å²) in [6.07, 6.45) is 5.37. The fourth-order valence-electron chi connectivity index (χ4n) is 1.68. The Morgan fingerprint density at radius 2 is 1.92 bits per heavy atom. The monoisotopic (exact) mass is 168 g/mol. The average Bonchev–Trinajstić information content (AvgIpc) is 2.05. The van der Waals surface area contributed by atoms with Gasteiger partial charge in [-0.3, -0.25) is 0 Å². The molecule has 0 aliphatic carbocycles. The van der Waals surface area contributed by atoms with Crippen molar-refractivity contribution < 1.29 is 0 Å². The molecule has 0 aliphatic rings. The van der Waals surface area contributed by atoms with Gasteiger partial charge in [0.2, 0.25) is 0 Å². The van der Waals surface area contributed by atoms with Gasteiger partial charge in [0.25, 0.3) is 0 Å². The second kappa shape index (κ2) is 6.28. The zero-order valence-corrected chi connectivity index (χ0v) is 9.19. The number of hydrogen-bond acceptors (Lipinski definition) is 0. The van der Waals surface area contributed by atoms with E-state index in [9.17, 15) is 0 Å². The molecule has 0 aromatic heterocycles. The fourth-order valence-corrected chi connectivity index (χ4v) is 1.68. The maximum Gasteiger partial charge on any atom is -0.0209 e. The van der Waals surface area contributed by atoms with Crippen LogP contribution in [-0.2, 0) is 0 Å². The van der Waals surface area contributed by atoms with E-state index in [1.807, 2.05) is 0 Å². The SMILES string of the molecule is C=C(C)C(C)C(CC)CCCC. The van der Waals surface area contributed by atoms with Crippen LogP contribution in [0.1, 0.15) is 53.4 Å². The molecule has 0 spiro atoms. The lowest BCUT2D eigenvalue weighted by Gasteiger charge is -2.22. The third-order valence-corrected chi connectivity index (χ3v) is 2.94. The van der Waals surface area contributed by atoms with Crippen molar-refractivity contribution in [1.29, 1.82) is 0 Å². The lowest BCUT2D eigenvalue weighted by atomic mass is 9.83. The van der Waals surface area contributed by atoms with E-state index in [1.54, 1.807) is 0 Å². The van der Waals surface area contributed by atoms with Gasteiger partial charge in [0.15, 0.2) is 0 Å². The molecule has 72 valence electrons. The molecule has 0 heterocycles. The summed E-state index contributed by atoms with van der Waals surface area (Å²) in [4.78, 5) is 0. The molecule has 0 aromatic rings. The zero-order valence-electron chi connectivity index (χ0n) is 9.19. The summed E-state index contributed by atoms with van der Waals surface area (Å²) in [5.74, 6) is 1.57. The number of rotatable bonds is 6. The molecule has 0 N–H and O–H groups in total. The molecule has 0 bridgehead atoms. The molecule has 0 fully saturated rings. The number of allylic oxidation sites excluding steroid dienone is 1. The molecule has 0 aliphatic heterocycles. The lowest BCUT2D eigenvalue weighted by molar-refractivity contribution is 0.355. The van der Waals surface area contributed by atoms with Crippen LogP contribution in [0.5, 0.6) is 0 Å². The van der Waals surface area contributed by atoms with Crippen LogP contribution in [0, 0.1) is 11.8 Å². The van der Waals surface area contributed by atoms with Crippen molar-refractivity contribution in [3.05, 3.63) is 12.2 Å². The highest BCUT2D eigenvalue weighted by Crippen LogP contribution is 2.26. The van der Waals surface area contributed by atoms with Crippen LogP contribution >= 0.6 is 0 Å². The largest absolute Gasteiger partial charge is 0.0999 e. The summed E-state index contributed by atoms with van der Waals surface area (Å²) in [5.41, 5.74) is 1.35. The minimum absolute atomic E-state index is 0.710. The average molecular weight is 168 g/mol. The Morgan fingerprint density at radius 3 is 2.25 bits per heavy atom.